The van der Waals surface area contributed by atoms with E-state index in [-0.39, 0.29) is 0 Å². The Labute approximate surface area is 98.9 Å². The molecule has 1 aromatic heterocycles. The molecule has 0 spiro atoms. The van der Waals surface area contributed by atoms with Crippen molar-refractivity contribution in [2.45, 2.75) is 13.8 Å². The second-order valence-electron chi connectivity index (χ2n) is 4.07. The summed E-state index contributed by atoms with van der Waals surface area (Å²) < 4.78 is 4.90. The van der Waals surface area contributed by atoms with Gasteiger partial charge in [0.25, 0.3) is 11.7 Å². The smallest absolute Gasteiger partial charge is 0.295 e. The zero-order valence-electron chi connectivity index (χ0n) is 9.95. The highest BCUT2D eigenvalue weighted by Gasteiger charge is 2.28. The van der Waals surface area contributed by atoms with Crippen LogP contribution in [0.3, 0.4) is 0 Å². The van der Waals surface area contributed by atoms with Crippen LogP contribution in [0.4, 0.5) is 0 Å². The number of nitrogens with one attached hydrogen (secondary N) is 1. The highest BCUT2D eigenvalue weighted by atomic mass is 16.5. The molecule has 1 aliphatic heterocycles. The second-order valence-corrected chi connectivity index (χ2v) is 4.07. The second kappa shape index (κ2) is 4.67. The highest BCUT2D eigenvalue weighted by molar-refractivity contribution is 6.43. The maximum absolute atomic E-state index is 12.0. The third-order valence-electron chi connectivity index (χ3n) is 2.86. The van der Waals surface area contributed by atoms with Crippen molar-refractivity contribution in [2.24, 2.45) is 0 Å². The fraction of sp³-hybridized carbons (Fsp3) is 0.545. The van der Waals surface area contributed by atoms with Crippen molar-refractivity contribution >= 4 is 11.7 Å². The first-order chi connectivity index (χ1) is 8.11. The van der Waals surface area contributed by atoms with Gasteiger partial charge in [-0.2, -0.15) is 0 Å². The lowest BCUT2D eigenvalue weighted by Crippen LogP contribution is -2.48. The summed E-state index contributed by atoms with van der Waals surface area (Å²) in [5, 5.41) is 6.82. The standard InChI is InChI=1S/C11H15N3O3/c1-7-9(8(2)17-13-7)10(15)11(16)14-5-3-12-4-6-14/h12H,3-6H2,1-2H3. The predicted octanol–water partition coefficient (Wildman–Crippen LogP) is -0.0941. The Kier molecular flexibility index (Phi) is 3.23. The Hall–Kier alpha value is -1.69. The van der Waals surface area contributed by atoms with Gasteiger partial charge in [0, 0.05) is 26.2 Å². The van der Waals surface area contributed by atoms with Crippen molar-refractivity contribution in [1.82, 2.24) is 15.4 Å². The van der Waals surface area contributed by atoms with Gasteiger partial charge in [-0.25, -0.2) is 0 Å². The minimum Gasteiger partial charge on any atom is -0.361 e. The van der Waals surface area contributed by atoms with E-state index in [9.17, 15) is 9.59 Å². The van der Waals surface area contributed by atoms with Gasteiger partial charge in [0.15, 0.2) is 0 Å². The van der Waals surface area contributed by atoms with Gasteiger partial charge in [-0.3, -0.25) is 9.59 Å². The zero-order chi connectivity index (χ0) is 12.4. The van der Waals surface area contributed by atoms with Gasteiger partial charge in [0.05, 0.1) is 11.3 Å². The zero-order valence-corrected chi connectivity index (χ0v) is 9.95. The van der Waals surface area contributed by atoms with Crippen molar-refractivity contribution in [3.63, 3.8) is 0 Å². The number of amides is 1. The van der Waals surface area contributed by atoms with Crippen LogP contribution in [0.25, 0.3) is 0 Å². The van der Waals surface area contributed by atoms with Gasteiger partial charge in [-0.15, -0.1) is 0 Å². The maximum Gasteiger partial charge on any atom is 0.295 e. The SMILES string of the molecule is Cc1noc(C)c1C(=O)C(=O)N1CCNCC1. The summed E-state index contributed by atoms with van der Waals surface area (Å²) in [6.45, 7) is 5.87. The van der Waals surface area contributed by atoms with Crippen LogP contribution in [0.15, 0.2) is 4.52 Å². The number of nitrogens with zero attached hydrogens (tertiary/aromatic N) is 2. The Morgan fingerprint density at radius 2 is 1.94 bits per heavy atom. The van der Waals surface area contributed by atoms with Crippen molar-refractivity contribution in [1.29, 1.82) is 0 Å². The number of ketones is 1. The van der Waals surface area contributed by atoms with E-state index in [1.54, 1.807) is 18.7 Å². The summed E-state index contributed by atoms with van der Waals surface area (Å²) in [4.78, 5) is 25.6. The van der Waals surface area contributed by atoms with E-state index in [0.29, 0.717) is 30.1 Å². The van der Waals surface area contributed by atoms with Crippen LogP contribution in [0.5, 0.6) is 0 Å². The van der Waals surface area contributed by atoms with Gasteiger partial charge in [-0.05, 0) is 13.8 Å². The van der Waals surface area contributed by atoms with Gasteiger partial charge >= 0.3 is 0 Å². The van der Waals surface area contributed by atoms with Gasteiger partial charge < -0.3 is 14.7 Å². The van der Waals surface area contributed by atoms with Crippen molar-refractivity contribution in [3.8, 4) is 0 Å². The number of Topliss-reactive ketones (excluding diaryl/α,β-unsaturated/α-hetero) is 1. The molecule has 0 atom stereocenters. The third kappa shape index (κ3) is 2.21. The Balaban J connectivity index is 2.17. The molecule has 1 aliphatic rings. The van der Waals surface area contributed by atoms with Crippen LogP contribution in [0.2, 0.25) is 0 Å². The average Bonchev–Trinajstić information content (AvgIpc) is 2.68. The van der Waals surface area contributed by atoms with E-state index in [4.69, 9.17) is 4.52 Å². The van der Waals surface area contributed by atoms with Gasteiger partial charge in [-0.1, -0.05) is 5.16 Å². The molecule has 1 saturated heterocycles. The molecule has 1 fully saturated rings. The molecule has 0 bridgehead atoms. The van der Waals surface area contributed by atoms with E-state index in [2.05, 4.69) is 10.5 Å². The Morgan fingerprint density at radius 3 is 2.47 bits per heavy atom. The monoisotopic (exact) mass is 237 g/mol. The van der Waals surface area contributed by atoms with E-state index in [0.717, 1.165) is 13.1 Å². The summed E-state index contributed by atoms with van der Waals surface area (Å²) in [6.07, 6.45) is 0. The average molecular weight is 237 g/mol. The minimum atomic E-state index is -0.525. The van der Waals surface area contributed by atoms with E-state index in [1.165, 1.54) is 0 Å². The molecule has 0 radical (unpaired) electrons. The summed E-state index contributed by atoms with van der Waals surface area (Å²) >= 11 is 0. The number of carbonyl (C=O) groups excluding carboxylic acids is 2. The lowest BCUT2D eigenvalue weighted by atomic mass is 10.1. The fourth-order valence-electron chi connectivity index (χ4n) is 1.93. The number of carbonyl (C=O) groups is 2. The number of rotatable bonds is 2. The summed E-state index contributed by atoms with van der Waals surface area (Å²) in [5.41, 5.74) is 0.768. The molecule has 1 aromatic rings. The van der Waals surface area contributed by atoms with Gasteiger partial charge in [0.2, 0.25) is 0 Å². The molecule has 0 aliphatic carbocycles. The molecule has 0 aromatic carbocycles. The number of aryl methyl sites for hydroxylation is 2. The Bertz CT molecular complexity index is 427. The number of hydrogen-bond acceptors (Lipinski definition) is 5. The highest BCUT2D eigenvalue weighted by Crippen LogP contribution is 2.14. The van der Waals surface area contributed by atoms with Crippen molar-refractivity contribution in [2.75, 3.05) is 26.2 Å². The quantitative estimate of drug-likeness (QED) is 0.574. The molecule has 0 unspecified atom stereocenters. The molecular weight excluding hydrogens is 222 g/mol. The molecule has 0 saturated carbocycles. The van der Waals surface area contributed by atoms with Crippen molar-refractivity contribution < 1.29 is 14.1 Å². The lowest BCUT2D eigenvalue weighted by molar-refractivity contribution is -0.127. The topological polar surface area (TPSA) is 75.4 Å². The first-order valence-electron chi connectivity index (χ1n) is 5.58. The van der Waals surface area contributed by atoms with E-state index in [1.807, 2.05) is 0 Å². The predicted molar refractivity (Wildman–Crippen MR) is 59.8 cm³/mol. The van der Waals surface area contributed by atoms with Crippen molar-refractivity contribution in [3.05, 3.63) is 17.0 Å². The van der Waals surface area contributed by atoms with E-state index >= 15 is 0 Å². The number of piperazine rings is 1. The van der Waals surface area contributed by atoms with E-state index < -0.39 is 11.7 Å². The summed E-state index contributed by atoms with van der Waals surface area (Å²) in [6, 6.07) is 0. The van der Waals surface area contributed by atoms with Crippen LogP contribution >= 0.6 is 0 Å². The fourth-order valence-corrected chi connectivity index (χ4v) is 1.93. The maximum atomic E-state index is 12.0. The molecule has 2 heterocycles. The molecule has 6 nitrogen and oxygen atoms in total. The first-order valence-corrected chi connectivity index (χ1v) is 5.58. The molecular formula is C11H15N3O3. The van der Waals surface area contributed by atoms with Gasteiger partial charge in [0.1, 0.15) is 5.76 Å². The van der Waals surface area contributed by atoms with Crippen LogP contribution < -0.4 is 5.32 Å². The largest absolute Gasteiger partial charge is 0.361 e. The molecule has 1 N–H and O–H groups in total. The molecule has 1 amide bonds. The third-order valence-corrected chi connectivity index (χ3v) is 2.86. The van der Waals surface area contributed by atoms with Crippen LogP contribution in [-0.2, 0) is 4.79 Å². The normalized spacial score (nSPS) is 16.0. The molecule has 17 heavy (non-hydrogen) atoms. The number of hydrogen-bond donors (Lipinski definition) is 1. The summed E-state index contributed by atoms with van der Waals surface area (Å²) in [5.74, 6) is -0.597. The number of aromatic nitrogens is 1. The minimum absolute atomic E-state index is 0.300. The van der Waals surface area contributed by atoms with Crippen LogP contribution in [-0.4, -0.2) is 47.9 Å². The molecule has 6 heteroatoms. The Morgan fingerprint density at radius 1 is 1.29 bits per heavy atom. The van der Waals surface area contributed by atoms with Crippen LogP contribution in [0.1, 0.15) is 21.8 Å². The summed E-state index contributed by atoms with van der Waals surface area (Å²) in [7, 11) is 0. The molecule has 2 rings (SSSR count). The lowest BCUT2D eigenvalue weighted by Gasteiger charge is -2.26. The molecule has 92 valence electrons. The van der Waals surface area contributed by atoms with Crippen LogP contribution in [0, 0.1) is 13.8 Å². The first kappa shape index (κ1) is 11.8.